The summed E-state index contributed by atoms with van der Waals surface area (Å²) in [5.74, 6) is -0.193. The molecule has 0 aliphatic heterocycles. The lowest BCUT2D eigenvalue weighted by atomic mass is 10.2. The van der Waals surface area contributed by atoms with E-state index in [2.05, 4.69) is 15.1 Å². The van der Waals surface area contributed by atoms with Gasteiger partial charge in [0.25, 0.3) is 5.91 Å². The molecule has 0 radical (unpaired) electrons. The summed E-state index contributed by atoms with van der Waals surface area (Å²) in [5, 5.41) is 7.13. The third kappa shape index (κ3) is 4.79. The fourth-order valence-corrected chi connectivity index (χ4v) is 3.94. The number of rotatable bonds is 8. The molecule has 9 nitrogen and oxygen atoms in total. The van der Waals surface area contributed by atoms with Crippen LogP contribution in [-0.4, -0.2) is 41.5 Å². The van der Waals surface area contributed by atoms with Crippen LogP contribution in [0, 0.1) is 5.82 Å². The molecule has 2 aromatic carbocycles. The van der Waals surface area contributed by atoms with Crippen molar-refractivity contribution in [1.29, 1.82) is 0 Å². The lowest BCUT2D eigenvalue weighted by Crippen LogP contribution is -2.16. The highest BCUT2D eigenvalue weighted by atomic mass is 32.2. The van der Waals surface area contributed by atoms with Crippen molar-refractivity contribution in [2.75, 3.05) is 22.9 Å². The number of halogens is 1. The number of benzene rings is 2. The van der Waals surface area contributed by atoms with Crippen LogP contribution in [0.4, 0.5) is 15.8 Å². The van der Waals surface area contributed by atoms with Crippen molar-refractivity contribution in [3.63, 3.8) is 0 Å². The van der Waals surface area contributed by atoms with E-state index >= 15 is 0 Å². The van der Waals surface area contributed by atoms with E-state index in [-0.39, 0.29) is 28.6 Å². The van der Waals surface area contributed by atoms with Gasteiger partial charge in [0.15, 0.2) is 5.82 Å². The van der Waals surface area contributed by atoms with Crippen molar-refractivity contribution in [1.82, 2.24) is 14.3 Å². The minimum Gasteiger partial charge on any atom is -0.494 e. The van der Waals surface area contributed by atoms with Crippen LogP contribution in [0.5, 0.6) is 5.75 Å². The number of amides is 1. The van der Waals surface area contributed by atoms with E-state index in [1.165, 1.54) is 49.2 Å². The number of hydrogen-bond donors (Lipinski definition) is 2. The number of carbonyl (C=O) groups excluding carboxylic acids is 1. The fourth-order valence-electron chi connectivity index (χ4n) is 3.29. The molecule has 0 aliphatic rings. The summed E-state index contributed by atoms with van der Waals surface area (Å²) in [6, 6.07) is 14.0. The van der Waals surface area contributed by atoms with Crippen molar-refractivity contribution in [2.45, 2.75) is 6.92 Å². The smallest absolute Gasteiger partial charge is 0.261 e. The van der Waals surface area contributed by atoms with Crippen LogP contribution in [0.1, 0.15) is 17.3 Å². The van der Waals surface area contributed by atoms with Gasteiger partial charge in [0, 0.05) is 24.1 Å². The van der Waals surface area contributed by atoms with E-state index in [0.717, 1.165) is 0 Å². The first-order valence-electron chi connectivity index (χ1n) is 10.3. The summed E-state index contributed by atoms with van der Waals surface area (Å²) in [6.45, 7) is 1.53. The Morgan fingerprint density at radius 2 is 1.82 bits per heavy atom. The standard InChI is InChI=1S/C23H22FN5O4S/c1-3-34(31,32)27-20-11-8-17(14-21(20)33-2)26-22(30)19-15-25-29(18-9-6-16(24)7-10-18)23(19)28-12-4-5-13-28/h4-15,27H,3H2,1-2H3,(H,26,30). The number of aromatic nitrogens is 3. The highest BCUT2D eigenvalue weighted by Gasteiger charge is 2.21. The second kappa shape index (κ2) is 9.40. The summed E-state index contributed by atoms with van der Waals surface area (Å²) < 4.78 is 48.2. The first kappa shape index (κ1) is 23.1. The molecule has 0 atom stereocenters. The molecule has 0 saturated heterocycles. The fraction of sp³-hybridized carbons (Fsp3) is 0.130. The quantitative estimate of drug-likeness (QED) is 0.396. The monoisotopic (exact) mass is 483 g/mol. The van der Waals surface area contributed by atoms with Crippen molar-refractivity contribution in [3.8, 4) is 17.3 Å². The van der Waals surface area contributed by atoms with Gasteiger partial charge >= 0.3 is 0 Å². The molecule has 34 heavy (non-hydrogen) atoms. The Balaban J connectivity index is 1.67. The van der Waals surface area contributed by atoms with E-state index in [4.69, 9.17) is 4.74 Å². The van der Waals surface area contributed by atoms with Crippen LogP contribution in [0.15, 0.2) is 73.2 Å². The lowest BCUT2D eigenvalue weighted by molar-refractivity contribution is 0.102. The molecule has 176 valence electrons. The third-order valence-electron chi connectivity index (χ3n) is 5.01. The second-order valence-corrected chi connectivity index (χ2v) is 9.25. The normalized spacial score (nSPS) is 11.3. The summed E-state index contributed by atoms with van der Waals surface area (Å²) in [7, 11) is -2.09. The van der Waals surface area contributed by atoms with E-state index in [9.17, 15) is 17.6 Å². The minimum atomic E-state index is -3.50. The summed E-state index contributed by atoms with van der Waals surface area (Å²) in [5.41, 5.74) is 1.52. The number of sulfonamides is 1. The molecule has 0 fully saturated rings. The first-order chi connectivity index (χ1) is 16.3. The Morgan fingerprint density at radius 1 is 1.12 bits per heavy atom. The van der Waals surface area contributed by atoms with Crippen molar-refractivity contribution in [2.24, 2.45) is 0 Å². The number of nitrogens with zero attached hydrogens (tertiary/aromatic N) is 3. The highest BCUT2D eigenvalue weighted by Crippen LogP contribution is 2.29. The number of methoxy groups -OCH3 is 1. The van der Waals surface area contributed by atoms with Gasteiger partial charge in [-0.15, -0.1) is 0 Å². The molecule has 0 unspecified atom stereocenters. The number of carbonyl (C=O) groups is 1. The molecule has 11 heteroatoms. The maximum atomic E-state index is 13.4. The van der Waals surface area contributed by atoms with Gasteiger partial charge in [-0.25, -0.2) is 17.5 Å². The SMILES string of the molecule is CCS(=O)(=O)Nc1ccc(NC(=O)c2cnn(-c3ccc(F)cc3)c2-n2cccc2)cc1OC. The Bertz CT molecular complexity index is 1410. The number of nitrogens with one attached hydrogen (secondary N) is 2. The van der Waals surface area contributed by atoms with Gasteiger partial charge in [-0.05, 0) is 55.5 Å². The molecule has 0 bridgehead atoms. The summed E-state index contributed by atoms with van der Waals surface area (Å²) in [6.07, 6.45) is 4.96. The van der Waals surface area contributed by atoms with Gasteiger partial charge in [0.1, 0.15) is 17.1 Å². The molecule has 1 amide bonds. The van der Waals surface area contributed by atoms with Crippen molar-refractivity contribution in [3.05, 3.63) is 84.6 Å². The Labute approximate surface area is 195 Å². The van der Waals surface area contributed by atoms with Crippen LogP contribution in [0.3, 0.4) is 0 Å². The lowest BCUT2D eigenvalue weighted by Gasteiger charge is -2.14. The maximum Gasteiger partial charge on any atom is 0.261 e. The van der Waals surface area contributed by atoms with Crippen LogP contribution in [0.2, 0.25) is 0 Å². The number of hydrogen-bond acceptors (Lipinski definition) is 5. The molecule has 2 N–H and O–H groups in total. The molecule has 4 rings (SSSR count). The molecule has 2 heterocycles. The zero-order valence-electron chi connectivity index (χ0n) is 18.4. The first-order valence-corrected chi connectivity index (χ1v) is 11.9. The Morgan fingerprint density at radius 3 is 2.47 bits per heavy atom. The van der Waals surface area contributed by atoms with Crippen LogP contribution in [-0.2, 0) is 10.0 Å². The zero-order chi connectivity index (χ0) is 24.3. The van der Waals surface area contributed by atoms with Gasteiger partial charge in [0.2, 0.25) is 10.0 Å². The largest absolute Gasteiger partial charge is 0.494 e. The van der Waals surface area contributed by atoms with Crippen molar-refractivity contribution >= 4 is 27.3 Å². The maximum absolute atomic E-state index is 13.4. The molecule has 0 aliphatic carbocycles. The molecular weight excluding hydrogens is 461 g/mol. The van der Waals surface area contributed by atoms with E-state index in [1.807, 2.05) is 12.1 Å². The number of anilines is 2. The third-order valence-corrected chi connectivity index (χ3v) is 6.30. The van der Waals surface area contributed by atoms with E-state index in [0.29, 0.717) is 17.2 Å². The van der Waals surface area contributed by atoms with Crippen LogP contribution < -0.4 is 14.8 Å². The van der Waals surface area contributed by atoms with Gasteiger partial charge in [-0.3, -0.25) is 9.52 Å². The molecule has 0 saturated carbocycles. The van der Waals surface area contributed by atoms with E-state index in [1.54, 1.807) is 35.2 Å². The van der Waals surface area contributed by atoms with Gasteiger partial charge in [0.05, 0.1) is 30.4 Å². The average Bonchev–Trinajstić information content (AvgIpc) is 3.50. The van der Waals surface area contributed by atoms with Gasteiger partial charge in [-0.2, -0.15) is 5.10 Å². The van der Waals surface area contributed by atoms with E-state index < -0.39 is 15.9 Å². The van der Waals surface area contributed by atoms with Gasteiger partial charge in [-0.1, -0.05) is 0 Å². The second-order valence-electron chi connectivity index (χ2n) is 7.24. The number of ether oxygens (including phenoxy) is 1. The summed E-state index contributed by atoms with van der Waals surface area (Å²) in [4.78, 5) is 13.2. The van der Waals surface area contributed by atoms with Crippen LogP contribution >= 0.6 is 0 Å². The Hall–Kier alpha value is -4.12. The molecular formula is C23H22FN5O4S. The van der Waals surface area contributed by atoms with Crippen molar-refractivity contribution < 1.29 is 22.3 Å². The predicted octanol–water partition coefficient (Wildman–Crippen LogP) is 3.82. The molecule has 4 aromatic rings. The van der Waals surface area contributed by atoms with Crippen LogP contribution in [0.25, 0.3) is 11.5 Å². The summed E-state index contributed by atoms with van der Waals surface area (Å²) >= 11 is 0. The molecule has 0 spiro atoms. The minimum absolute atomic E-state index is 0.0884. The highest BCUT2D eigenvalue weighted by molar-refractivity contribution is 7.92. The van der Waals surface area contributed by atoms with Gasteiger partial charge < -0.3 is 14.6 Å². The zero-order valence-corrected chi connectivity index (χ0v) is 19.2. The predicted molar refractivity (Wildman–Crippen MR) is 127 cm³/mol. The molecule has 2 aromatic heterocycles. The average molecular weight is 484 g/mol. The topological polar surface area (TPSA) is 107 Å². The Kier molecular flexibility index (Phi) is 6.37.